The topological polar surface area (TPSA) is 131 Å². The van der Waals surface area contributed by atoms with Gasteiger partial charge in [-0.3, -0.25) is 18.7 Å². The van der Waals surface area contributed by atoms with Gasteiger partial charge in [0.1, 0.15) is 11.4 Å². The Kier molecular flexibility index (Phi) is 7.35. The summed E-state index contributed by atoms with van der Waals surface area (Å²) in [7, 11) is 2.57. The average Bonchev–Trinajstić information content (AvgIpc) is 3.33. The first-order chi connectivity index (χ1) is 17.7. The lowest BCUT2D eigenvalue weighted by molar-refractivity contribution is -0.136. The Morgan fingerprint density at radius 1 is 1.03 bits per heavy atom. The number of carbonyl (C=O) groups is 2. The number of nitrogens with zero attached hydrogens (tertiary/aromatic N) is 4. The normalized spacial score (nSPS) is 11.1. The fourth-order valence-corrected chi connectivity index (χ4v) is 3.86. The highest BCUT2D eigenvalue weighted by atomic mass is 79.9. The number of anilines is 1. The third-order valence-electron chi connectivity index (χ3n) is 5.61. The van der Waals surface area contributed by atoms with Gasteiger partial charge >= 0.3 is 11.7 Å². The lowest BCUT2D eigenvalue weighted by Gasteiger charge is -2.10. The van der Waals surface area contributed by atoms with E-state index in [0.29, 0.717) is 11.3 Å². The van der Waals surface area contributed by atoms with Crippen molar-refractivity contribution in [2.24, 2.45) is 14.1 Å². The number of para-hydroxylation sites is 1. The largest absolute Gasteiger partial charge is 0.454 e. The molecule has 4 rings (SSSR count). The Hall–Kier alpha value is -4.51. The van der Waals surface area contributed by atoms with Crippen molar-refractivity contribution in [2.45, 2.75) is 0 Å². The van der Waals surface area contributed by atoms with E-state index in [4.69, 9.17) is 10.5 Å². The second kappa shape index (κ2) is 10.6. The number of hydrogen-bond acceptors (Lipinski definition) is 7. The molecular formula is C26H22BrN5O5. The summed E-state index contributed by atoms with van der Waals surface area (Å²) in [4.78, 5) is 49.3. The van der Waals surface area contributed by atoms with Gasteiger partial charge in [-0.1, -0.05) is 46.3 Å². The summed E-state index contributed by atoms with van der Waals surface area (Å²) in [6, 6.07) is 17.1. The molecule has 2 heterocycles. The summed E-state index contributed by atoms with van der Waals surface area (Å²) < 4.78 is 9.41. The minimum absolute atomic E-state index is 0.294. The van der Waals surface area contributed by atoms with Crippen LogP contribution in [0.3, 0.4) is 0 Å². The van der Waals surface area contributed by atoms with Crippen molar-refractivity contribution < 1.29 is 14.3 Å². The number of ether oxygens (including phenoxy) is 1. The van der Waals surface area contributed by atoms with Gasteiger partial charge in [0, 0.05) is 42.0 Å². The fraction of sp³-hybridized carbons (Fsp3) is 0.115. The molecule has 11 heteroatoms. The summed E-state index contributed by atoms with van der Waals surface area (Å²) in [6.45, 7) is -0.719. The molecule has 2 aromatic carbocycles. The molecule has 0 spiro atoms. The van der Waals surface area contributed by atoms with Crippen LogP contribution in [0, 0.1) is 0 Å². The van der Waals surface area contributed by atoms with E-state index >= 15 is 0 Å². The van der Waals surface area contributed by atoms with Crippen molar-refractivity contribution in [3.8, 4) is 16.9 Å². The number of esters is 1. The zero-order chi connectivity index (χ0) is 26.7. The molecule has 0 aliphatic carbocycles. The van der Waals surface area contributed by atoms with E-state index < -0.39 is 35.2 Å². The second-order valence-corrected chi connectivity index (χ2v) is 8.97. The number of rotatable bonds is 7. The minimum atomic E-state index is -0.857. The van der Waals surface area contributed by atoms with Gasteiger partial charge < -0.3 is 10.5 Å². The van der Waals surface area contributed by atoms with Gasteiger partial charge in [0.15, 0.2) is 6.61 Å². The van der Waals surface area contributed by atoms with Crippen LogP contribution in [0.5, 0.6) is 0 Å². The molecule has 4 aromatic rings. The maximum Gasteiger partial charge on any atom is 0.332 e. The Labute approximate surface area is 219 Å². The maximum atomic E-state index is 12.6. The standard InChI is InChI=1S/C26H22BrN5O5/c1-30-24(28)22(25(35)31(2)26(30)36)20(33)15-37-21(34)13-10-17-14-32(19-6-4-3-5-7-19)29-23(17)16-8-11-18(27)12-9-16/h3-14H,15,28H2,1-2H3/b13-10+. The van der Waals surface area contributed by atoms with Crippen LogP contribution in [-0.4, -0.2) is 37.3 Å². The molecule has 0 fully saturated rings. The molecule has 0 amide bonds. The van der Waals surface area contributed by atoms with Gasteiger partial charge in [0.05, 0.1) is 11.4 Å². The second-order valence-electron chi connectivity index (χ2n) is 8.05. The summed E-state index contributed by atoms with van der Waals surface area (Å²) >= 11 is 3.42. The van der Waals surface area contributed by atoms with Crippen LogP contribution in [0.1, 0.15) is 15.9 Å². The molecule has 2 aromatic heterocycles. The highest BCUT2D eigenvalue weighted by molar-refractivity contribution is 9.10. The predicted octanol–water partition coefficient (Wildman–Crippen LogP) is 2.72. The molecule has 10 nitrogen and oxygen atoms in total. The van der Waals surface area contributed by atoms with Crippen molar-refractivity contribution in [1.29, 1.82) is 0 Å². The molecular weight excluding hydrogens is 542 g/mol. The van der Waals surface area contributed by atoms with Crippen LogP contribution in [0.4, 0.5) is 5.82 Å². The summed E-state index contributed by atoms with van der Waals surface area (Å²) in [5.41, 5.74) is 6.80. The molecule has 0 atom stereocenters. The van der Waals surface area contributed by atoms with Crippen LogP contribution >= 0.6 is 15.9 Å². The Bertz CT molecular complexity index is 1630. The lowest BCUT2D eigenvalue weighted by Crippen LogP contribution is -2.42. The van der Waals surface area contributed by atoms with E-state index in [-0.39, 0.29) is 5.82 Å². The molecule has 0 aliphatic heterocycles. The summed E-state index contributed by atoms with van der Waals surface area (Å²) in [5.74, 6) is -1.91. The van der Waals surface area contributed by atoms with Crippen molar-refractivity contribution in [1.82, 2.24) is 18.9 Å². The Balaban J connectivity index is 1.56. The number of benzene rings is 2. The number of nitrogen functional groups attached to an aromatic ring is 1. The Morgan fingerprint density at radius 2 is 1.70 bits per heavy atom. The van der Waals surface area contributed by atoms with Gasteiger partial charge in [-0.05, 0) is 30.3 Å². The number of carbonyl (C=O) groups excluding carboxylic acids is 2. The lowest BCUT2D eigenvalue weighted by atomic mass is 10.1. The van der Waals surface area contributed by atoms with Gasteiger partial charge in [0.25, 0.3) is 5.56 Å². The van der Waals surface area contributed by atoms with E-state index in [0.717, 1.165) is 24.9 Å². The molecule has 0 aliphatic rings. The van der Waals surface area contributed by atoms with Crippen LogP contribution in [-0.2, 0) is 23.6 Å². The third-order valence-corrected chi connectivity index (χ3v) is 6.14. The summed E-state index contributed by atoms with van der Waals surface area (Å²) in [5, 5.41) is 4.68. The number of hydrogen-bond donors (Lipinski definition) is 1. The van der Waals surface area contributed by atoms with Gasteiger partial charge in [-0.2, -0.15) is 5.10 Å². The first-order valence-electron chi connectivity index (χ1n) is 11.0. The molecule has 0 saturated heterocycles. The minimum Gasteiger partial charge on any atom is -0.454 e. The predicted molar refractivity (Wildman–Crippen MR) is 142 cm³/mol. The highest BCUT2D eigenvalue weighted by Gasteiger charge is 2.21. The third kappa shape index (κ3) is 5.36. The quantitative estimate of drug-likeness (QED) is 0.208. The van der Waals surface area contributed by atoms with Crippen LogP contribution in [0.2, 0.25) is 0 Å². The van der Waals surface area contributed by atoms with Crippen LogP contribution < -0.4 is 17.0 Å². The van der Waals surface area contributed by atoms with Crippen molar-refractivity contribution in [2.75, 3.05) is 12.3 Å². The fourth-order valence-electron chi connectivity index (χ4n) is 3.59. The van der Waals surface area contributed by atoms with Crippen LogP contribution in [0.15, 0.2) is 80.9 Å². The maximum absolute atomic E-state index is 12.6. The average molecular weight is 564 g/mol. The van der Waals surface area contributed by atoms with E-state index in [1.165, 1.54) is 26.2 Å². The number of Topliss-reactive ketones (excluding diaryl/α,β-unsaturated/α-hetero) is 1. The molecule has 0 unspecified atom stereocenters. The SMILES string of the molecule is Cn1c(N)c(C(=O)COC(=O)/C=C/c2cn(-c3ccccc3)nc2-c2ccc(Br)cc2)c(=O)n(C)c1=O. The van der Waals surface area contributed by atoms with E-state index in [1.807, 2.05) is 54.6 Å². The molecule has 188 valence electrons. The van der Waals surface area contributed by atoms with Gasteiger partial charge in [-0.25, -0.2) is 14.3 Å². The monoisotopic (exact) mass is 563 g/mol. The zero-order valence-electron chi connectivity index (χ0n) is 19.9. The molecule has 0 bridgehead atoms. The first kappa shape index (κ1) is 25.6. The van der Waals surface area contributed by atoms with Gasteiger partial charge in [0.2, 0.25) is 5.78 Å². The number of halogens is 1. The van der Waals surface area contributed by atoms with E-state index in [2.05, 4.69) is 21.0 Å². The molecule has 2 N–H and O–H groups in total. The number of aromatic nitrogens is 4. The van der Waals surface area contributed by atoms with E-state index in [1.54, 1.807) is 10.9 Å². The molecule has 0 saturated carbocycles. The van der Waals surface area contributed by atoms with E-state index in [9.17, 15) is 19.2 Å². The summed E-state index contributed by atoms with van der Waals surface area (Å²) in [6.07, 6.45) is 4.48. The van der Waals surface area contributed by atoms with Crippen LogP contribution in [0.25, 0.3) is 23.0 Å². The first-order valence-corrected chi connectivity index (χ1v) is 11.8. The van der Waals surface area contributed by atoms with Crippen molar-refractivity contribution in [3.63, 3.8) is 0 Å². The van der Waals surface area contributed by atoms with Crippen molar-refractivity contribution >= 4 is 39.6 Å². The number of nitrogens with two attached hydrogens (primary N) is 1. The van der Waals surface area contributed by atoms with Gasteiger partial charge in [-0.15, -0.1) is 0 Å². The molecule has 37 heavy (non-hydrogen) atoms. The molecule has 0 radical (unpaired) electrons. The van der Waals surface area contributed by atoms with Crippen molar-refractivity contribution in [3.05, 3.63) is 103 Å². The highest BCUT2D eigenvalue weighted by Crippen LogP contribution is 2.26. The Morgan fingerprint density at radius 3 is 2.38 bits per heavy atom. The number of ketones is 1. The zero-order valence-corrected chi connectivity index (χ0v) is 21.5. The smallest absolute Gasteiger partial charge is 0.332 e.